The van der Waals surface area contributed by atoms with Crippen LogP contribution in [0, 0.1) is 11.6 Å². The molecule has 0 spiro atoms. The number of likely N-dealkylation sites (tertiary alicyclic amines) is 2. The molecule has 0 aromatic heterocycles. The third-order valence-corrected chi connectivity index (χ3v) is 7.04. The number of rotatable bonds is 6. The van der Waals surface area contributed by atoms with Gasteiger partial charge in [-0.15, -0.1) is 0 Å². The molecular formula is C29H30F5N3O4. The lowest BCUT2D eigenvalue weighted by atomic mass is 10.0. The van der Waals surface area contributed by atoms with Gasteiger partial charge in [0.05, 0.1) is 0 Å². The van der Waals surface area contributed by atoms with E-state index < -0.39 is 23.8 Å². The van der Waals surface area contributed by atoms with Gasteiger partial charge in [-0.05, 0) is 55.1 Å². The van der Waals surface area contributed by atoms with Crippen LogP contribution in [0.3, 0.4) is 0 Å². The summed E-state index contributed by atoms with van der Waals surface area (Å²) >= 11 is 0. The number of hydrogen-bond acceptors (Lipinski definition) is 5. The number of hydrogen-bond donors (Lipinski definition) is 2. The number of amides is 1. The zero-order valence-electron chi connectivity index (χ0n) is 22.3. The van der Waals surface area contributed by atoms with Crippen molar-refractivity contribution in [3.05, 3.63) is 77.4 Å². The van der Waals surface area contributed by atoms with Gasteiger partial charge in [0.25, 0.3) is 5.91 Å². The third-order valence-electron chi connectivity index (χ3n) is 7.04. The number of nitrogens with zero attached hydrogens (tertiary/aromatic N) is 2. The maximum Gasteiger partial charge on any atom is 0.490 e. The number of carbonyl (C=O) groups is 2. The molecule has 2 N–H and O–H groups in total. The van der Waals surface area contributed by atoms with Crippen LogP contribution in [-0.4, -0.2) is 78.3 Å². The Morgan fingerprint density at radius 2 is 1.68 bits per heavy atom. The van der Waals surface area contributed by atoms with Crippen molar-refractivity contribution < 1.29 is 41.4 Å². The van der Waals surface area contributed by atoms with E-state index in [9.17, 15) is 26.7 Å². The number of nitrogens with one attached hydrogen (secondary N) is 1. The zero-order valence-corrected chi connectivity index (χ0v) is 22.3. The van der Waals surface area contributed by atoms with Gasteiger partial charge in [0.1, 0.15) is 11.9 Å². The van der Waals surface area contributed by atoms with Gasteiger partial charge in [0.15, 0.2) is 11.6 Å². The lowest BCUT2D eigenvalue weighted by Gasteiger charge is -2.20. The average molecular weight is 580 g/mol. The number of carboxylic acids is 1. The number of likely N-dealkylation sites (N-methyl/N-ethyl adjacent to an activating group) is 1. The second-order valence-electron chi connectivity index (χ2n) is 10.2. The monoisotopic (exact) mass is 579 g/mol. The van der Waals surface area contributed by atoms with Gasteiger partial charge in [-0.25, -0.2) is 13.6 Å². The Morgan fingerprint density at radius 1 is 0.976 bits per heavy atom. The minimum Gasteiger partial charge on any atom is -0.488 e. The van der Waals surface area contributed by atoms with Gasteiger partial charge in [0.2, 0.25) is 0 Å². The Labute approximate surface area is 233 Å². The van der Waals surface area contributed by atoms with Gasteiger partial charge in [0, 0.05) is 49.7 Å². The standard InChI is InChI=1S/C27H29F2N3O2.C2HF3O2/c1-31-12-11-21(17-31)34-26-9-7-19(22-4-2-3-5-23(22)26)15-32-13-10-20(16-32)30-27(33)18-6-8-24(28)25(29)14-18;3-2(4,5)1(6)7/h2-9,14,20-21H,10-13,15-17H2,1H3,(H,30,33);(H,6,7)/t20-,21?;/m0./s1. The van der Waals surface area contributed by atoms with Gasteiger partial charge in [-0.2, -0.15) is 13.2 Å². The predicted molar refractivity (Wildman–Crippen MR) is 142 cm³/mol. The Kier molecular flexibility index (Phi) is 9.44. The summed E-state index contributed by atoms with van der Waals surface area (Å²) in [5.74, 6) is -4.18. The third kappa shape index (κ3) is 7.92. The number of halogens is 5. The molecule has 7 nitrogen and oxygen atoms in total. The highest BCUT2D eigenvalue weighted by atomic mass is 19.4. The van der Waals surface area contributed by atoms with Crippen LogP contribution in [-0.2, 0) is 11.3 Å². The van der Waals surface area contributed by atoms with E-state index in [4.69, 9.17) is 14.6 Å². The maximum absolute atomic E-state index is 13.5. The van der Waals surface area contributed by atoms with Gasteiger partial charge >= 0.3 is 12.1 Å². The van der Waals surface area contributed by atoms with E-state index in [2.05, 4.69) is 46.4 Å². The first kappa shape index (κ1) is 30.2. The quantitative estimate of drug-likeness (QED) is 0.407. The largest absolute Gasteiger partial charge is 0.490 e. The van der Waals surface area contributed by atoms with E-state index >= 15 is 0 Å². The van der Waals surface area contributed by atoms with Crippen LogP contribution in [0.1, 0.15) is 28.8 Å². The summed E-state index contributed by atoms with van der Waals surface area (Å²) in [5, 5.41) is 12.4. The van der Waals surface area contributed by atoms with Crippen LogP contribution in [0.5, 0.6) is 5.75 Å². The second-order valence-corrected chi connectivity index (χ2v) is 10.2. The van der Waals surface area contributed by atoms with E-state index in [1.165, 1.54) is 17.0 Å². The summed E-state index contributed by atoms with van der Waals surface area (Å²) in [6.45, 7) is 4.33. The summed E-state index contributed by atoms with van der Waals surface area (Å²) in [6, 6.07) is 15.8. The highest BCUT2D eigenvalue weighted by molar-refractivity contribution is 5.94. The Hall–Kier alpha value is -3.77. The first-order valence-electron chi connectivity index (χ1n) is 13.0. The molecule has 3 aromatic rings. The first-order chi connectivity index (χ1) is 19.4. The van der Waals surface area contributed by atoms with Crippen molar-refractivity contribution in [2.75, 3.05) is 33.2 Å². The number of benzene rings is 3. The van der Waals surface area contributed by atoms with Crippen LogP contribution in [0.15, 0.2) is 54.6 Å². The molecule has 41 heavy (non-hydrogen) atoms. The Bertz CT molecular complexity index is 1400. The lowest BCUT2D eigenvalue weighted by molar-refractivity contribution is -0.192. The van der Waals surface area contributed by atoms with Crippen molar-refractivity contribution >= 4 is 22.6 Å². The number of aliphatic carboxylic acids is 1. The summed E-state index contributed by atoms with van der Waals surface area (Å²) in [5.41, 5.74) is 1.35. The Morgan fingerprint density at radius 3 is 2.32 bits per heavy atom. The highest BCUT2D eigenvalue weighted by Crippen LogP contribution is 2.31. The molecule has 0 radical (unpaired) electrons. The molecule has 2 aliphatic rings. The fraction of sp³-hybridized carbons (Fsp3) is 0.379. The fourth-order valence-corrected chi connectivity index (χ4v) is 4.99. The fourth-order valence-electron chi connectivity index (χ4n) is 4.99. The minimum absolute atomic E-state index is 0.0335. The molecule has 2 atom stereocenters. The molecule has 0 saturated carbocycles. The van der Waals surface area contributed by atoms with Crippen LogP contribution in [0.2, 0.25) is 0 Å². The molecule has 2 aliphatic heterocycles. The number of carbonyl (C=O) groups excluding carboxylic acids is 1. The van der Waals surface area contributed by atoms with Crippen LogP contribution < -0.4 is 10.1 Å². The van der Waals surface area contributed by atoms with Crippen molar-refractivity contribution in [2.24, 2.45) is 0 Å². The van der Waals surface area contributed by atoms with E-state index in [-0.39, 0.29) is 23.6 Å². The van der Waals surface area contributed by atoms with E-state index in [0.717, 1.165) is 62.3 Å². The summed E-state index contributed by atoms with van der Waals surface area (Å²) in [7, 11) is 2.12. The van der Waals surface area contributed by atoms with Crippen molar-refractivity contribution in [3.8, 4) is 5.75 Å². The first-order valence-corrected chi connectivity index (χ1v) is 13.0. The number of carboxylic acid groups (broad SMARTS) is 1. The predicted octanol–water partition coefficient (Wildman–Crippen LogP) is 4.84. The van der Waals surface area contributed by atoms with Crippen molar-refractivity contribution in [1.82, 2.24) is 15.1 Å². The van der Waals surface area contributed by atoms with E-state index in [1.54, 1.807) is 0 Å². The summed E-state index contributed by atoms with van der Waals surface area (Å²) in [6.07, 6.45) is -3.02. The maximum atomic E-state index is 13.5. The van der Waals surface area contributed by atoms with E-state index in [1.807, 2.05) is 12.1 Å². The van der Waals surface area contributed by atoms with Crippen LogP contribution in [0.25, 0.3) is 10.8 Å². The smallest absolute Gasteiger partial charge is 0.488 e. The molecule has 2 fully saturated rings. The second kappa shape index (κ2) is 12.8. The van der Waals surface area contributed by atoms with Crippen molar-refractivity contribution in [2.45, 2.75) is 37.7 Å². The van der Waals surface area contributed by atoms with Crippen LogP contribution >= 0.6 is 0 Å². The molecule has 2 heterocycles. The summed E-state index contributed by atoms with van der Waals surface area (Å²) in [4.78, 5) is 26.0. The number of ether oxygens (including phenoxy) is 1. The molecule has 2 saturated heterocycles. The zero-order chi connectivity index (χ0) is 29.7. The van der Waals surface area contributed by atoms with Crippen LogP contribution in [0.4, 0.5) is 22.0 Å². The molecule has 3 aromatic carbocycles. The van der Waals surface area contributed by atoms with E-state index in [0.29, 0.717) is 6.54 Å². The van der Waals surface area contributed by atoms with Crippen molar-refractivity contribution in [1.29, 1.82) is 0 Å². The molecule has 0 bridgehead atoms. The Balaban J connectivity index is 0.000000493. The molecule has 0 aliphatic carbocycles. The van der Waals surface area contributed by atoms with Gasteiger partial charge in [-0.1, -0.05) is 30.3 Å². The van der Waals surface area contributed by atoms with Gasteiger partial charge in [-0.3, -0.25) is 9.69 Å². The normalized spacial score (nSPS) is 19.6. The average Bonchev–Trinajstić information content (AvgIpc) is 3.54. The molecular weight excluding hydrogens is 549 g/mol. The summed E-state index contributed by atoms with van der Waals surface area (Å²) < 4.78 is 64.7. The molecule has 1 unspecified atom stereocenters. The van der Waals surface area contributed by atoms with Crippen molar-refractivity contribution in [3.63, 3.8) is 0 Å². The molecule has 12 heteroatoms. The SMILES string of the molecule is CN1CCC(Oc2ccc(CN3CC[C@H](NC(=O)c4ccc(F)c(F)c4)C3)c3ccccc23)C1.O=C(O)C(F)(F)F. The lowest BCUT2D eigenvalue weighted by Crippen LogP contribution is -2.37. The molecule has 220 valence electrons. The van der Waals surface area contributed by atoms with Gasteiger partial charge < -0.3 is 20.1 Å². The number of alkyl halides is 3. The topological polar surface area (TPSA) is 82.1 Å². The molecule has 5 rings (SSSR count). The minimum atomic E-state index is -5.08. The highest BCUT2D eigenvalue weighted by Gasteiger charge is 2.38. The number of fused-ring (bicyclic) bond motifs is 1. The molecule has 1 amide bonds.